The molecule has 31 heavy (non-hydrogen) atoms. The van der Waals surface area contributed by atoms with Gasteiger partial charge in [-0.3, -0.25) is 19.7 Å². The summed E-state index contributed by atoms with van der Waals surface area (Å²) in [5.74, 6) is -2.52. The van der Waals surface area contributed by atoms with Crippen LogP contribution < -0.4 is 5.32 Å². The number of benzene rings is 2. The van der Waals surface area contributed by atoms with E-state index in [1.54, 1.807) is 18.2 Å². The van der Waals surface area contributed by atoms with Crippen LogP contribution in [0.3, 0.4) is 0 Å². The molecule has 1 aliphatic heterocycles. The largest absolute Gasteiger partial charge is 0.468 e. The predicted octanol–water partition coefficient (Wildman–Crippen LogP) is 3.99. The van der Waals surface area contributed by atoms with Crippen molar-refractivity contribution in [1.29, 1.82) is 0 Å². The van der Waals surface area contributed by atoms with E-state index < -0.39 is 22.7 Å². The number of nitro benzene ring substituents is 1. The van der Waals surface area contributed by atoms with Gasteiger partial charge in [-0.2, -0.15) is 0 Å². The minimum atomic E-state index is -0.943. The van der Waals surface area contributed by atoms with Crippen molar-refractivity contribution in [2.24, 2.45) is 5.92 Å². The molecule has 1 aliphatic carbocycles. The number of nitrogens with zero attached hydrogens (tertiary/aromatic N) is 1. The summed E-state index contributed by atoms with van der Waals surface area (Å²) in [4.78, 5) is 37.3. The van der Waals surface area contributed by atoms with Crippen molar-refractivity contribution in [2.45, 2.75) is 24.7 Å². The second kappa shape index (κ2) is 8.18. The minimum Gasteiger partial charge on any atom is -0.468 e. The van der Waals surface area contributed by atoms with Crippen LogP contribution in [-0.2, 0) is 14.3 Å². The van der Waals surface area contributed by atoms with E-state index in [-0.39, 0.29) is 23.8 Å². The monoisotopic (exact) mass is 418 g/mol. The van der Waals surface area contributed by atoms with Crippen molar-refractivity contribution in [3.63, 3.8) is 0 Å². The van der Waals surface area contributed by atoms with Gasteiger partial charge in [-0.25, -0.2) is 0 Å². The average Bonchev–Trinajstić information content (AvgIpc) is 2.78. The van der Waals surface area contributed by atoms with Crippen molar-refractivity contribution >= 4 is 17.4 Å². The third-order valence-electron chi connectivity index (χ3n) is 6.03. The summed E-state index contributed by atoms with van der Waals surface area (Å²) in [6.07, 6.45) is 0.817. The summed E-state index contributed by atoms with van der Waals surface area (Å²) in [6.45, 7) is 4.00. The van der Waals surface area contributed by atoms with E-state index in [4.69, 9.17) is 4.74 Å². The van der Waals surface area contributed by atoms with Gasteiger partial charge >= 0.3 is 5.97 Å². The number of carbonyl (C=O) groups excluding carboxylic acids is 2. The van der Waals surface area contributed by atoms with Crippen LogP contribution in [0.25, 0.3) is 0 Å². The van der Waals surface area contributed by atoms with Crippen LogP contribution >= 0.6 is 0 Å². The summed E-state index contributed by atoms with van der Waals surface area (Å²) in [5.41, 5.74) is 2.66. The van der Waals surface area contributed by atoms with Crippen molar-refractivity contribution in [2.75, 3.05) is 7.11 Å². The van der Waals surface area contributed by atoms with Crippen LogP contribution in [0.5, 0.6) is 0 Å². The third kappa shape index (κ3) is 3.63. The SMILES string of the molecule is C=C1NC2=C(C(=O)CC(c3ccccc3)C2)C(c2ccccc2[N+](=O)[O-])C1C(=O)OC. The lowest BCUT2D eigenvalue weighted by atomic mass is 9.68. The highest BCUT2D eigenvalue weighted by Gasteiger charge is 2.47. The Labute approximate surface area is 179 Å². The maximum absolute atomic E-state index is 13.4. The Morgan fingerprint density at radius 1 is 1.13 bits per heavy atom. The first-order valence-electron chi connectivity index (χ1n) is 10.0. The second-order valence-electron chi connectivity index (χ2n) is 7.78. The van der Waals surface area contributed by atoms with Crippen LogP contribution in [0.4, 0.5) is 5.69 Å². The fourth-order valence-corrected chi connectivity index (χ4v) is 4.67. The molecule has 0 fully saturated rings. The molecule has 158 valence electrons. The van der Waals surface area contributed by atoms with E-state index >= 15 is 0 Å². The molecule has 0 bridgehead atoms. The van der Waals surface area contributed by atoms with Crippen molar-refractivity contribution in [1.82, 2.24) is 5.32 Å². The number of rotatable bonds is 4. The molecule has 3 unspecified atom stereocenters. The topological polar surface area (TPSA) is 98.5 Å². The quantitative estimate of drug-likeness (QED) is 0.458. The van der Waals surface area contributed by atoms with Gasteiger partial charge in [0.25, 0.3) is 5.69 Å². The molecule has 1 heterocycles. The van der Waals surface area contributed by atoms with Gasteiger partial charge in [0, 0.05) is 40.9 Å². The third-order valence-corrected chi connectivity index (χ3v) is 6.03. The Morgan fingerprint density at radius 2 is 1.81 bits per heavy atom. The maximum Gasteiger partial charge on any atom is 0.315 e. The van der Waals surface area contributed by atoms with Gasteiger partial charge in [-0.05, 0) is 17.9 Å². The van der Waals surface area contributed by atoms with Crippen molar-refractivity contribution < 1.29 is 19.2 Å². The number of nitro groups is 1. The lowest BCUT2D eigenvalue weighted by Crippen LogP contribution is -2.42. The Balaban J connectivity index is 1.87. The zero-order chi connectivity index (χ0) is 22.1. The molecule has 2 aromatic rings. The molecule has 7 nitrogen and oxygen atoms in total. The van der Waals surface area contributed by atoms with Crippen molar-refractivity contribution in [3.8, 4) is 0 Å². The molecule has 2 aliphatic rings. The van der Waals surface area contributed by atoms with Crippen LogP contribution in [0.1, 0.15) is 35.8 Å². The van der Waals surface area contributed by atoms with Crippen molar-refractivity contribution in [3.05, 3.63) is 99.4 Å². The van der Waals surface area contributed by atoms with Gasteiger partial charge in [0.2, 0.25) is 0 Å². The maximum atomic E-state index is 13.4. The van der Waals surface area contributed by atoms with Gasteiger partial charge in [0.15, 0.2) is 5.78 Å². The standard InChI is InChI=1S/C24H22N2O5/c1-14-21(24(28)31-2)22(17-10-6-7-11-19(17)26(29)30)23-18(25-14)12-16(13-20(23)27)15-8-4-3-5-9-15/h3-11,16,21-22,25H,1,12-13H2,2H3. The van der Waals surface area contributed by atoms with Gasteiger partial charge in [-0.1, -0.05) is 55.1 Å². The zero-order valence-electron chi connectivity index (χ0n) is 17.0. The molecule has 0 amide bonds. The Hall–Kier alpha value is -3.74. The number of ketones is 1. The average molecular weight is 418 g/mol. The first-order valence-corrected chi connectivity index (χ1v) is 10.0. The molecule has 3 atom stereocenters. The number of hydrogen-bond acceptors (Lipinski definition) is 6. The fourth-order valence-electron chi connectivity index (χ4n) is 4.67. The van der Waals surface area contributed by atoms with Crippen LogP contribution in [0, 0.1) is 16.0 Å². The predicted molar refractivity (Wildman–Crippen MR) is 114 cm³/mol. The molecule has 0 aromatic heterocycles. The van der Waals surface area contributed by atoms with Crippen LogP contribution in [0.2, 0.25) is 0 Å². The number of nitrogens with one attached hydrogen (secondary N) is 1. The van der Waals surface area contributed by atoms with Gasteiger partial charge in [0.05, 0.1) is 12.0 Å². The number of para-hydroxylation sites is 1. The smallest absolute Gasteiger partial charge is 0.315 e. The molecule has 0 saturated carbocycles. The first-order chi connectivity index (χ1) is 14.9. The number of carbonyl (C=O) groups is 2. The number of esters is 1. The zero-order valence-corrected chi connectivity index (χ0v) is 17.0. The normalized spacial score (nSPS) is 23.1. The van der Waals surface area contributed by atoms with E-state index in [1.165, 1.54) is 13.2 Å². The molecule has 0 spiro atoms. The van der Waals surface area contributed by atoms with Gasteiger partial charge in [-0.15, -0.1) is 0 Å². The Morgan fingerprint density at radius 3 is 2.48 bits per heavy atom. The molecular weight excluding hydrogens is 396 g/mol. The Bertz CT molecular complexity index is 1110. The lowest BCUT2D eigenvalue weighted by molar-refractivity contribution is -0.385. The summed E-state index contributed by atoms with van der Waals surface area (Å²) < 4.78 is 4.97. The number of ether oxygens (including phenoxy) is 1. The molecular formula is C24H22N2O5. The van der Waals surface area contributed by atoms with Gasteiger partial charge in [0.1, 0.15) is 5.92 Å². The van der Waals surface area contributed by atoms with Crippen LogP contribution in [-0.4, -0.2) is 23.8 Å². The minimum absolute atomic E-state index is 0.0196. The van der Waals surface area contributed by atoms with Crippen LogP contribution in [0.15, 0.2) is 78.1 Å². The number of Topliss-reactive ketones (excluding diaryl/α,β-unsaturated/α-hetero) is 1. The molecule has 0 radical (unpaired) electrons. The van der Waals surface area contributed by atoms with E-state index in [0.29, 0.717) is 29.0 Å². The molecule has 0 saturated heterocycles. The van der Waals surface area contributed by atoms with E-state index in [2.05, 4.69) is 11.9 Å². The molecule has 1 N–H and O–H groups in total. The van der Waals surface area contributed by atoms with E-state index in [9.17, 15) is 19.7 Å². The van der Waals surface area contributed by atoms with E-state index in [1.807, 2.05) is 30.3 Å². The van der Waals surface area contributed by atoms with E-state index in [0.717, 1.165) is 5.56 Å². The summed E-state index contributed by atoms with van der Waals surface area (Å²) in [5, 5.41) is 14.9. The highest BCUT2D eigenvalue weighted by atomic mass is 16.6. The molecule has 2 aromatic carbocycles. The summed E-state index contributed by atoms with van der Waals surface area (Å²) >= 11 is 0. The number of methoxy groups -OCH3 is 1. The molecule has 7 heteroatoms. The highest BCUT2D eigenvalue weighted by Crippen LogP contribution is 2.48. The number of allylic oxidation sites excluding steroid dienone is 2. The highest BCUT2D eigenvalue weighted by molar-refractivity contribution is 6.01. The second-order valence-corrected chi connectivity index (χ2v) is 7.78. The summed E-state index contributed by atoms with van der Waals surface area (Å²) in [6, 6.07) is 16.0. The lowest BCUT2D eigenvalue weighted by Gasteiger charge is -2.39. The first kappa shape index (κ1) is 20.5. The van der Waals surface area contributed by atoms with Gasteiger partial charge < -0.3 is 10.1 Å². The molecule has 4 rings (SSSR count). The Kier molecular flexibility index (Phi) is 5.42. The number of hydrogen-bond donors (Lipinski definition) is 1. The summed E-state index contributed by atoms with van der Waals surface area (Å²) in [7, 11) is 1.25. The fraction of sp³-hybridized carbons (Fsp3) is 0.250.